The number of hydrogen-bond donors (Lipinski definition) is 1. The van der Waals surface area contributed by atoms with Gasteiger partial charge in [0.1, 0.15) is 5.82 Å². The molecule has 3 heteroatoms. The van der Waals surface area contributed by atoms with Crippen molar-refractivity contribution >= 4 is 5.69 Å². The first-order valence-electron chi connectivity index (χ1n) is 7.66. The summed E-state index contributed by atoms with van der Waals surface area (Å²) in [7, 11) is 0. The van der Waals surface area contributed by atoms with Crippen molar-refractivity contribution in [3.05, 3.63) is 29.6 Å². The Hall–Kier alpha value is -1.09. The van der Waals surface area contributed by atoms with Gasteiger partial charge in [-0.3, -0.25) is 0 Å². The molecule has 2 nitrogen and oxygen atoms in total. The van der Waals surface area contributed by atoms with Gasteiger partial charge >= 0.3 is 0 Å². The molecule has 20 heavy (non-hydrogen) atoms. The zero-order valence-electron chi connectivity index (χ0n) is 13.3. The van der Waals surface area contributed by atoms with E-state index in [1.807, 2.05) is 19.1 Å². The van der Waals surface area contributed by atoms with Crippen LogP contribution in [0.15, 0.2) is 18.2 Å². The predicted molar refractivity (Wildman–Crippen MR) is 83.7 cm³/mol. The van der Waals surface area contributed by atoms with E-state index in [9.17, 15) is 4.39 Å². The lowest BCUT2D eigenvalue weighted by Gasteiger charge is -2.45. The summed E-state index contributed by atoms with van der Waals surface area (Å²) in [6.45, 7) is 12.7. The third-order valence-corrected chi connectivity index (χ3v) is 4.37. The van der Waals surface area contributed by atoms with Crippen molar-refractivity contribution in [3.8, 4) is 0 Å². The van der Waals surface area contributed by atoms with Crippen LogP contribution in [0.2, 0.25) is 0 Å². The average Bonchev–Trinajstić information content (AvgIpc) is 2.40. The van der Waals surface area contributed by atoms with E-state index in [-0.39, 0.29) is 5.82 Å². The van der Waals surface area contributed by atoms with Crippen LogP contribution < -0.4 is 10.2 Å². The van der Waals surface area contributed by atoms with Crippen LogP contribution in [0.25, 0.3) is 0 Å². The smallest absolute Gasteiger partial charge is 0.146 e. The molecule has 2 atom stereocenters. The van der Waals surface area contributed by atoms with Crippen molar-refractivity contribution in [2.75, 3.05) is 18.0 Å². The second kappa shape index (κ2) is 6.13. The molecule has 0 amide bonds. The molecule has 1 aliphatic rings. The van der Waals surface area contributed by atoms with Crippen LogP contribution in [0, 0.1) is 24.6 Å². The molecule has 1 heterocycles. The lowest BCUT2D eigenvalue weighted by Crippen LogP contribution is -2.60. The summed E-state index contributed by atoms with van der Waals surface area (Å²) in [5.41, 5.74) is 1.87. The molecular formula is C17H27FN2. The first-order chi connectivity index (χ1) is 9.40. The lowest BCUT2D eigenvalue weighted by molar-refractivity contribution is 0.293. The summed E-state index contributed by atoms with van der Waals surface area (Å²) in [6.07, 6.45) is 0. The fourth-order valence-corrected chi connectivity index (χ4v) is 2.96. The molecule has 0 aliphatic carbocycles. The standard InChI is InChI=1S/C17H27FN2/c1-11(2)15-10-20(17(9-19-15)12(3)4)16-8-13(5)6-7-14(16)18/h6-8,11-12,15,17,19H,9-10H2,1-5H3. The first-order valence-corrected chi connectivity index (χ1v) is 7.66. The highest BCUT2D eigenvalue weighted by atomic mass is 19.1. The van der Waals surface area contributed by atoms with Gasteiger partial charge in [-0.25, -0.2) is 4.39 Å². The Morgan fingerprint density at radius 1 is 1.20 bits per heavy atom. The van der Waals surface area contributed by atoms with Gasteiger partial charge in [-0.2, -0.15) is 0 Å². The van der Waals surface area contributed by atoms with Crippen LogP contribution in [0.3, 0.4) is 0 Å². The zero-order chi connectivity index (χ0) is 14.9. The van der Waals surface area contributed by atoms with Crippen molar-refractivity contribution in [3.63, 3.8) is 0 Å². The molecule has 1 saturated heterocycles. The third kappa shape index (κ3) is 3.14. The Kier molecular flexibility index (Phi) is 4.69. The predicted octanol–water partition coefficient (Wildman–Crippen LogP) is 3.59. The van der Waals surface area contributed by atoms with Crippen LogP contribution >= 0.6 is 0 Å². The fourth-order valence-electron chi connectivity index (χ4n) is 2.96. The Bertz CT molecular complexity index is 456. The van der Waals surface area contributed by atoms with Crippen LogP contribution in [-0.4, -0.2) is 25.2 Å². The second-order valence-electron chi connectivity index (χ2n) is 6.68. The molecule has 1 aromatic rings. The molecule has 2 unspecified atom stereocenters. The van der Waals surface area contributed by atoms with E-state index in [2.05, 4.69) is 37.9 Å². The van der Waals surface area contributed by atoms with Crippen molar-refractivity contribution in [1.82, 2.24) is 5.32 Å². The number of hydrogen-bond acceptors (Lipinski definition) is 2. The molecule has 0 bridgehead atoms. The third-order valence-electron chi connectivity index (χ3n) is 4.37. The molecule has 1 N–H and O–H groups in total. The minimum absolute atomic E-state index is 0.106. The van der Waals surface area contributed by atoms with E-state index in [1.165, 1.54) is 0 Å². The number of rotatable bonds is 3. The van der Waals surface area contributed by atoms with Gasteiger partial charge in [0.2, 0.25) is 0 Å². The minimum Gasteiger partial charge on any atom is -0.363 e. The SMILES string of the molecule is Cc1ccc(F)c(N2CC(C(C)C)NCC2C(C)C)c1. The number of nitrogens with one attached hydrogen (secondary N) is 1. The molecule has 0 saturated carbocycles. The van der Waals surface area contributed by atoms with Crippen molar-refractivity contribution in [2.24, 2.45) is 11.8 Å². The summed E-state index contributed by atoms with van der Waals surface area (Å²) in [6, 6.07) is 6.18. The van der Waals surface area contributed by atoms with Gasteiger partial charge < -0.3 is 10.2 Å². The van der Waals surface area contributed by atoms with Crippen molar-refractivity contribution in [1.29, 1.82) is 0 Å². The van der Waals surface area contributed by atoms with Gasteiger partial charge in [0, 0.05) is 25.2 Å². The summed E-state index contributed by atoms with van der Waals surface area (Å²) < 4.78 is 14.3. The quantitative estimate of drug-likeness (QED) is 0.909. The number of anilines is 1. The van der Waals surface area contributed by atoms with Gasteiger partial charge in [0.05, 0.1) is 5.69 Å². The maximum atomic E-state index is 14.3. The van der Waals surface area contributed by atoms with Crippen molar-refractivity contribution in [2.45, 2.75) is 46.7 Å². The molecular weight excluding hydrogens is 251 g/mol. The maximum absolute atomic E-state index is 14.3. The van der Waals surface area contributed by atoms with Crippen molar-refractivity contribution < 1.29 is 4.39 Å². The first kappa shape index (κ1) is 15.3. The van der Waals surface area contributed by atoms with E-state index >= 15 is 0 Å². The minimum atomic E-state index is -0.106. The van der Waals surface area contributed by atoms with Gasteiger partial charge in [-0.05, 0) is 36.5 Å². The highest BCUT2D eigenvalue weighted by molar-refractivity contribution is 5.51. The molecule has 2 rings (SSSR count). The monoisotopic (exact) mass is 278 g/mol. The van der Waals surface area contributed by atoms with E-state index in [0.717, 1.165) is 24.3 Å². The lowest BCUT2D eigenvalue weighted by atomic mass is 9.93. The Labute approximate surface area is 122 Å². The Morgan fingerprint density at radius 3 is 2.50 bits per heavy atom. The van der Waals surface area contributed by atoms with Gasteiger partial charge in [0.25, 0.3) is 0 Å². The van der Waals surface area contributed by atoms with Crippen LogP contribution in [-0.2, 0) is 0 Å². The number of aryl methyl sites for hydroxylation is 1. The highest BCUT2D eigenvalue weighted by Gasteiger charge is 2.32. The normalized spacial score (nSPS) is 23.7. The topological polar surface area (TPSA) is 15.3 Å². The van der Waals surface area contributed by atoms with E-state index < -0.39 is 0 Å². The Morgan fingerprint density at radius 2 is 1.90 bits per heavy atom. The summed E-state index contributed by atoms with van der Waals surface area (Å²) in [5, 5.41) is 3.62. The summed E-state index contributed by atoms with van der Waals surface area (Å²) in [4.78, 5) is 2.27. The number of piperazine rings is 1. The summed E-state index contributed by atoms with van der Waals surface area (Å²) >= 11 is 0. The number of halogens is 1. The number of nitrogens with zero attached hydrogens (tertiary/aromatic N) is 1. The molecule has 0 aromatic heterocycles. The van der Waals surface area contributed by atoms with Crippen LogP contribution in [0.5, 0.6) is 0 Å². The van der Waals surface area contributed by atoms with E-state index in [4.69, 9.17) is 0 Å². The zero-order valence-corrected chi connectivity index (χ0v) is 13.3. The molecule has 112 valence electrons. The fraction of sp³-hybridized carbons (Fsp3) is 0.647. The highest BCUT2D eigenvalue weighted by Crippen LogP contribution is 2.28. The largest absolute Gasteiger partial charge is 0.363 e. The van der Waals surface area contributed by atoms with Gasteiger partial charge in [0.15, 0.2) is 0 Å². The van der Waals surface area contributed by atoms with E-state index in [0.29, 0.717) is 23.9 Å². The number of benzene rings is 1. The maximum Gasteiger partial charge on any atom is 0.146 e. The van der Waals surface area contributed by atoms with E-state index in [1.54, 1.807) is 6.07 Å². The molecule has 1 fully saturated rings. The molecule has 1 aliphatic heterocycles. The van der Waals surface area contributed by atoms with Gasteiger partial charge in [-0.1, -0.05) is 33.8 Å². The van der Waals surface area contributed by atoms with Gasteiger partial charge in [-0.15, -0.1) is 0 Å². The summed E-state index contributed by atoms with van der Waals surface area (Å²) in [5.74, 6) is 0.944. The molecule has 1 aromatic carbocycles. The molecule has 0 spiro atoms. The van der Waals surface area contributed by atoms with Crippen LogP contribution in [0.4, 0.5) is 10.1 Å². The molecule has 0 radical (unpaired) electrons. The Balaban J connectivity index is 2.33. The second-order valence-corrected chi connectivity index (χ2v) is 6.68. The average molecular weight is 278 g/mol. The van der Waals surface area contributed by atoms with Crippen LogP contribution in [0.1, 0.15) is 33.3 Å².